The number of rotatable bonds is 1. The first-order valence-corrected chi connectivity index (χ1v) is 12.0. The summed E-state index contributed by atoms with van der Waals surface area (Å²) in [4.78, 5) is 0. The molecule has 2 radical (unpaired) electrons. The van der Waals surface area contributed by atoms with Crippen LogP contribution in [0.3, 0.4) is 0 Å². The van der Waals surface area contributed by atoms with Crippen LogP contribution in [0.25, 0.3) is 21.5 Å². The number of fused-ring (bicyclic) bond motifs is 2. The SMILES string of the molecule is CCc1cc2ccccc2[cH-]1.Cc1cc2ccccc2[cH-]1.Cl.Cl.[CH3-].[CH3-].[Si]=[Zr]. The van der Waals surface area contributed by atoms with Gasteiger partial charge < -0.3 is 14.9 Å². The van der Waals surface area contributed by atoms with Gasteiger partial charge in [0.1, 0.15) is 0 Å². The van der Waals surface area contributed by atoms with Crippen LogP contribution >= 0.6 is 24.8 Å². The van der Waals surface area contributed by atoms with E-state index in [2.05, 4.69) is 93.5 Å². The Kier molecular flexibility index (Phi) is 18.8. The Labute approximate surface area is 194 Å². The van der Waals surface area contributed by atoms with E-state index in [1.807, 2.05) is 0 Å². The Bertz CT molecular complexity index is 814. The third-order valence-electron chi connectivity index (χ3n) is 3.85. The van der Waals surface area contributed by atoms with E-state index in [9.17, 15) is 0 Å². The molecule has 0 aliphatic rings. The molecular formula is C23H28Cl2SiZr-4. The van der Waals surface area contributed by atoms with E-state index < -0.39 is 0 Å². The second kappa shape index (κ2) is 16.3. The summed E-state index contributed by atoms with van der Waals surface area (Å²) < 4.78 is 0. The molecule has 0 heterocycles. The van der Waals surface area contributed by atoms with E-state index in [0.717, 1.165) is 6.42 Å². The second-order valence-electron chi connectivity index (χ2n) is 5.51. The quantitative estimate of drug-likeness (QED) is 0.192. The molecule has 0 saturated heterocycles. The van der Waals surface area contributed by atoms with Crippen LogP contribution in [0.15, 0.2) is 72.8 Å². The summed E-state index contributed by atoms with van der Waals surface area (Å²) in [5.41, 5.74) is 2.78. The van der Waals surface area contributed by atoms with Crippen molar-refractivity contribution in [2.24, 2.45) is 0 Å². The number of hydrogen-bond acceptors (Lipinski definition) is 0. The molecule has 0 aromatic heterocycles. The average molecular weight is 495 g/mol. The topological polar surface area (TPSA) is 0 Å². The molecule has 0 fully saturated rings. The van der Waals surface area contributed by atoms with Crippen LogP contribution < -0.4 is 0 Å². The molecule has 27 heavy (non-hydrogen) atoms. The van der Waals surface area contributed by atoms with Gasteiger partial charge in [0, 0.05) is 0 Å². The zero-order valence-corrected chi connectivity index (χ0v) is 21.5. The molecule has 0 saturated carbocycles. The van der Waals surface area contributed by atoms with Gasteiger partial charge in [0.05, 0.1) is 0 Å². The van der Waals surface area contributed by atoms with Crippen molar-refractivity contribution in [3.63, 3.8) is 0 Å². The summed E-state index contributed by atoms with van der Waals surface area (Å²) in [5, 5.41) is 5.42. The molecule has 4 aromatic rings. The van der Waals surface area contributed by atoms with E-state index in [1.165, 1.54) is 56.0 Å². The van der Waals surface area contributed by atoms with Crippen LogP contribution in [-0.4, -0.2) is 6.88 Å². The van der Waals surface area contributed by atoms with Gasteiger partial charge in [0.25, 0.3) is 0 Å². The molecule has 0 atom stereocenters. The van der Waals surface area contributed by atoms with Gasteiger partial charge in [-0.05, 0) is 6.42 Å². The average Bonchev–Trinajstić information content (AvgIpc) is 3.18. The molecule has 0 aliphatic heterocycles. The predicted octanol–water partition coefficient (Wildman–Crippen LogP) is 7.35. The van der Waals surface area contributed by atoms with Crippen LogP contribution in [0.1, 0.15) is 18.1 Å². The van der Waals surface area contributed by atoms with E-state index >= 15 is 0 Å². The third kappa shape index (κ3) is 8.92. The Morgan fingerprint density at radius 3 is 1.67 bits per heavy atom. The van der Waals surface area contributed by atoms with Crippen molar-refractivity contribution >= 4 is 53.2 Å². The van der Waals surface area contributed by atoms with Crippen LogP contribution in [0.2, 0.25) is 0 Å². The molecule has 0 bridgehead atoms. The molecule has 0 amide bonds. The monoisotopic (exact) mass is 492 g/mol. The van der Waals surface area contributed by atoms with Crippen molar-refractivity contribution in [2.45, 2.75) is 20.3 Å². The number of hydrogen-bond donors (Lipinski definition) is 0. The Morgan fingerprint density at radius 1 is 0.778 bits per heavy atom. The summed E-state index contributed by atoms with van der Waals surface area (Å²) in [6.07, 6.45) is 1.13. The molecule has 0 unspecified atom stereocenters. The molecule has 4 aromatic carbocycles. The van der Waals surface area contributed by atoms with E-state index in [0.29, 0.717) is 0 Å². The fraction of sp³-hybridized carbons (Fsp3) is 0.130. The minimum absolute atomic E-state index is 0. The standard InChI is InChI=1S/C11H11.C10H9.2CH3.2ClH.Si.Zr/c1-2-9-7-10-5-3-4-6-11(10)8-9;1-8-6-9-4-2-3-5-10(9)7-8;;;;;;/h3-8H,2H2,1H3;2-7H,1H3;2*1H3;2*1H;;/q4*-1;;;;. The Morgan fingerprint density at radius 2 is 1.22 bits per heavy atom. The molecule has 4 rings (SSSR count). The van der Waals surface area contributed by atoms with Crippen LogP contribution in [0, 0.1) is 21.8 Å². The van der Waals surface area contributed by atoms with Crippen LogP contribution in [0.4, 0.5) is 0 Å². The molecule has 4 heteroatoms. The van der Waals surface area contributed by atoms with Crippen molar-refractivity contribution in [2.75, 3.05) is 0 Å². The predicted molar refractivity (Wildman–Crippen MR) is 126 cm³/mol. The Balaban J connectivity index is -0.000000345. The van der Waals surface area contributed by atoms with E-state index in [1.54, 1.807) is 0 Å². The zero-order valence-electron chi connectivity index (χ0n) is 16.5. The summed E-state index contributed by atoms with van der Waals surface area (Å²) in [7, 11) is 0. The summed E-state index contributed by atoms with van der Waals surface area (Å²) in [6.45, 7) is 7.38. The maximum atomic E-state index is 3.06. The number of halogens is 2. The van der Waals surface area contributed by atoms with Crippen molar-refractivity contribution in [3.8, 4) is 0 Å². The third-order valence-corrected chi connectivity index (χ3v) is 3.85. The fourth-order valence-corrected chi connectivity index (χ4v) is 2.73. The van der Waals surface area contributed by atoms with Gasteiger partial charge in [-0.1, -0.05) is 26.0 Å². The molecular weight excluding hydrogens is 466 g/mol. The molecule has 0 aliphatic carbocycles. The van der Waals surface area contributed by atoms with Crippen molar-refractivity contribution in [3.05, 3.63) is 98.8 Å². The van der Waals surface area contributed by atoms with Gasteiger partial charge in [0.15, 0.2) is 0 Å². The Hall–Kier alpha value is -0.660. The summed E-state index contributed by atoms with van der Waals surface area (Å²) in [5.74, 6) is 0. The van der Waals surface area contributed by atoms with Gasteiger partial charge >= 0.3 is 30.2 Å². The van der Waals surface area contributed by atoms with Crippen molar-refractivity contribution < 1.29 is 23.3 Å². The first kappa shape index (κ1) is 31.0. The van der Waals surface area contributed by atoms with Gasteiger partial charge in [-0.15, -0.1) is 106 Å². The number of aryl methyl sites for hydroxylation is 2. The first-order valence-electron chi connectivity index (χ1n) is 7.77. The van der Waals surface area contributed by atoms with Gasteiger partial charge in [0.2, 0.25) is 0 Å². The van der Waals surface area contributed by atoms with E-state index in [-0.39, 0.29) is 39.7 Å². The van der Waals surface area contributed by atoms with Gasteiger partial charge in [-0.3, -0.25) is 0 Å². The normalized spacial score (nSPS) is 8.33. The fourth-order valence-electron chi connectivity index (χ4n) is 2.73. The van der Waals surface area contributed by atoms with Gasteiger partial charge in [-0.2, -0.15) is 12.1 Å². The number of benzene rings is 2. The minimum atomic E-state index is 0. The molecule has 0 N–H and O–H groups in total. The second-order valence-corrected chi connectivity index (χ2v) is 5.51. The summed E-state index contributed by atoms with van der Waals surface area (Å²) in [6, 6.07) is 25.8. The van der Waals surface area contributed by atoms with Crippen molar-refractivity contribution in [1.82, 2.24) is 0 Å². The first-order chi connectivity index (χ1) is 11.3. The maximum absolute atomic E-state index is 3.06. The van der Waals surface area contributed by atoms with Gasteiger partial charge in [-0.25, -0.2) is 0 Å². The summed E-state index contributed by atoms with van der Waals surface area (Å²) >= 11 is 1.36. The van der Waals surface area contributed by atoms with Crippen LogP contribution in [0.5, 0.6) is 0 Å². The zero-order chi connectivity index (χ0) is 16.7. The van der Waals surface area contributed by atoms with Crippen LogP contribution in [-0.2, 0) is 29.8 Å². The van der Waals surface area contributed by atoms with Crippen molar-refractivity contribution in [1.29, 1.82) is 0 Å². The molecule has 0 nitrogen and oxygen atoms in total. The van der Waals surface area contributed by atoms with E-state index in [4.69, 9.17) is 0 Å². The molecule has 146 valence electrons. The molecule has 0 spiro atoms.